The molecule has 21 heavy (non-hydrogen) atoms. The highest BCUT2D eigenvalue weighted by molar-refractivity contribution is 8.00. The predicted molar refractivity (Wildman–Crippen MR) is 79.4 cm³/mol. The number of thioether (sulfide) groups is 1. The van der Waals surface area contributed by atoms with Gasteiger partial charge in [-0.1, -0.05) is 36.0 Å². The molecule has 2 aromatic carbocycles. The zero-order valence-electron chi connectivity index (χ0n) is 11.4. The normalized spacial score (nSPS) is 17.9. The van der Waals surface area contributed by atoms with E-state index >= 15 is 0 Å². The fraction of sp³-hybridized carbons (Fsp3) is 0.250. The number of fused-ring (bicyclic) bond motifs is 1. The third kappa shape index (κ3) is 2.88. The minimum atomic E-state index is -4.28. The summed E-state index contributed by atoms with van der Waals surface area (Å²) in [5.41, 5.74) is 1.43. The van der Waals surface area contributed by atoms with E-state index in [-0.39, 0.29) is 5.37 Å². The van der Waals surface area contributed by atoms with Crippen LogP contribution in [0.4, 0.5) is 18.9 Å². The molecule has 3 rings (SSSR count). The molecule has 1 unspecified atom stereocenters. The van der Waals surface area contributed by atoms with Crippen molar-refractivity contribution >= 4 is 17.4 Å². The molecule has 0 aliphatic carbocycles. The molecule has 110 valence electrons. The highest BCUT2D eigenvalue weighted by Crippen LogP contribution is 2.43. The molecule has 0 saturated heterocycles. The second-order valence-electron chi connectivity index (χ2n) is 5.01. The summed E-state index contributed by atoms with van der Waals surface area (Å²) in [6.45, 7) is 2.72. The molecule has 5 heteroatoms. The third-order valence-electron chi connectivity index (χ3n) is 3.55. The summed E-state index contributed by atoms with van der Waals surface area (Å²) < 4.78 is 37.7. The number of para-hydroxylation sites is 1. The summed E-state index contributed by atoms with van der Waals surface area (Å²) in [5.74, 6) is 0. The molecule has 0 radical (unpaired) electrons. The Bertz CT molecular complexity index is 637. The van der Waals surface area contributed by atoms with Gasteiger partial charge in [0.15, 0.2) is 0 Å². The molecule has 0 N–H and O–H groups in total. The van der Waals surface area contributed by atoms with E-state index in [0.29, 0.717) is 6.54 Å². The van der Waals surface area contributed by atoms with Gasteiger partial charge in [-0.25, -0.2) is 0 Å². The number of hydrogen-bond acceptors (Lipinski definition) is 2. The highest BCUT2D eigenvalue weighted by atomic mass is 32.2. The number of halogens is 3. The van der Waals surface area contributed by atoms with Gasteiger partial charge in [0.25, 0.3) is 0 Å². The van der Waals surface area contributed by atoms with Crippen LogP contribution in [0.1, 0.15) is 18.1 Å². The summed E-state index contributed by atoms with van der Waals surface area (Å²) in [5, 5.41) is 0.282. The molecule has 0 amide bonds. The van der Waals surface area contributed by atoms with Crippen molar-refractivity contribution in [1.29, 1.82) is 0 Å². The molecule has 2 aromatic rings. The van der Waals surface area contributed by atoms with Gasteiger partial charge in [-0.15, -0.1) is 0 Å². The number of rotatable bonds is 2. The lowest BCUT2D eigenvalue weighted by Crippen LogP contribution is -2.26. The van der Waals surface area contributed by atoms with E-state index in [9.17, 15) is 13.2 Å². The summed E-state index contributed by atoms with van der Waals surface area (Å²) in [6.07, 6.45) is -4.28. The SMILES string of the molecule is CC1Sc2ccccc2N1Cc1ccc(C(F)(F)F)cc1. The lowest BCUT2D eigenvalue weighted by molar-refractivity contribution is -0.137. The van der Waals surface area contributed by atoms with E-state index in [1.54, 1.807) is 23.9 Å². The highest BCUT2D eigenvalue weighted by Gasteiger charge is 2.30. The predicted octanol–water partition coefficient (Wildman–Crippen LogP) is 5.16. The Kier molecular flexibility index (Phi) is 3.61. The van der Waals surface area contributed by atoms with Gasteiger partial charge < -0.3 is 4.90 Å². The van der Waals surface area contributed by atoms with Crippen LogP contribution in [-0.4, -0.2) is 5.37 Å². The molecule has 0 bridgehead atoms. The van der Waals surface area contributed by atoms with Crippen LogP contribution in [0.25, 0.3) is 0 Å². The van der Waals surface area contributed by atoms with Crippen LogP contribution in [0.15, 0.2) is 53.4 Å². The molecular weight excluding hydrogens is 295 g/mol. The summed E-state index contributed by atoms with van der Waals surface area (Å²) in [4.78, 5) is 3.43. The van der Waals surface area contributed by atoms with Crippen molar-refractivity contribution in [3.63, 3.8) is 0 Å². The van der Waals surface area contributed by atoms with Crippen LogP contribution in [0.3, 0.4) is 0 Å². The van der Waals surface area contributed by atoms with Gasteiger partial charge >= 0.3 is 6.18 Å². The standard InChI is InChI=1S/C16H14F3NS/c1-11-20(14-4-2-3-5-15(14)21-11)10-12-6-8-13(9-7-12)16(17,18)19/h2-9,11H,10H2,1H3. The van der Waals surface area contributed by atoms with Gasteiger partial charge in [0.05, 0.1) is 16.6 Å². The summed E-state index contributed by atoms with van der Waals surface area (Å²) in [7, 11) is 0. The molecular formula is C16H14F3NS. The maximum Gasteiger partial charge on any atom is 0.416 e. The topological polar surface area (TPSA) is 3.24 Å². The van der Waals surface area contributed by atoms with Crippen LogP contribution in [-0.2, 0) is 12.7 Å². The maximum atomic E-state index is 12.6. The average Bonchev–Trinajstić information content (AvgIpc) is 2.75. The molecule has 1 heterocycles. The maximum absolute atomic E-state index is 12.6. The Morgan fingerprint density at radius 1 is 1.05 bits per heavy atom. The smallest absolute Gasteiger partial charge is 0.354 e. The zero-order chi connectivity index (χ0) is 15.0. The number of nitrogens with zero attached hydrogens (tertiary/aromatic N) is 1. The van der Waals surface area contributed by atoms with Crippen molar-refractivity contribution in [2.45, 2.75) is 29.9 Å². The Hall–Kier alpha value is -1.62. The quantitative estimate of drug-likeness (QED) is 0.753. The van der Waals surface area contributed by atoms with E-state index in [0.717, 1.165) is 23.4 Å². The lowest BCUT2D eigenvalue weighted by Gasteiger charge is -2.24. The first-order valence-corrected chi connectivity index (χ1v) is 7.51. The van der Waals surface area contributed by atoms with Crippen molar-refractivity contribution in [3.8, 4) is 0 Å². The van der Waals surface area contributed by atoms with Gasteiger partial charge in [-0.05, 0) is 36.8 Å². The largest absolute Gasteiger partial charge is 0.416 e. The fourth-order valence-corrected chi connectivity index (χ4v) is 3.59. The monoisotopic (exact) mass is 309 g/mol. The van der Waals surface area contributed by atoms with E-state index < -0.39 is 11.7 Å². The van der Waals surface area contributed by atoms with E-state index in [1.807, 2.05) is 12.1 Å². The van der Waals surface area contributed by atoms with Gasteiger partial charge in [0, 0.05) is 11.4 Å². The second-order valence-corrected chi connectivity index (χ2v) is 6.37. The molecule has 1 atom stereocenters. The van der Waals surface area contributed by atoms with E-state index in [1.165, 1.54) is 4.90 Å². The van der Waals surface area contributed by atoms with E-state index in [4.69, 9.17) is 0 Å². The van der Waals surface area contributed by atoms with Crippen molar-refractivity contribution < 1.29 is 13.2 Å². The molecule has 0 fully saturated rings. The third-order valence-corrected chi connectivity index (χ3v) is 4.74. The number of alkyl halides is 3. The minimum absolute atomic E-state index is 0.282. The molecule has 0 saturated carbocycles. The van der Waals surface area contributed by atoms with Gasteiger partial charge in [0.2, 0.25) is 0 Å². The molecule has 0 spiro atoms. The average molecular weight is 309 g/mol. The number of anilines is 1. The van der Waals surface area contributed by atoms with E-state index in [2.05, 4.69) is 24.0 Å². The first-order chi connectivity index (χ1) is 9.95. The Balaban J connectivity index is 1.81. The zero-order valence-corrected chi connectivity index (χ0v) is 12.2. The van der Waals surface area contributed by atoms with Crippen molar-refractivity contribution in [1.82, 2.24) is 0 Å². The van der Waals surface area contributed by atoms with Crippen molar-refractivity contribution in [2.24, 2.45) is 0 Å². The van der Waals surface area contributed by atoms with Gasteiger partial charge in [0.1, 0.15) is 0 Å². The van der Waals surface area contributed by atoms with Crippen LogP contribution in [0.2, 0.25) is 0 Å². The molecule has 0 aromatic heterocycles. The Morgan fingerprint density at radius 3 is 2.38 bits per heavy atom. The second kappa shape index (κ2) is 5.30. The van der Waals surface area contributed by atoms with Gasteiger partial charge in [-0.3, -0.25) is 0 Å². The molecule has 1 aliphatic rings. The van der Waals surface area contributed by atoms with Crippen LogP contribution in [0.5, 0.6) is 0 Å². The Labute approximate surface area is 125 Å². The fourth-order valence-electron chi connectivity index (χ4n) is 2.45. The molecule has 1 aliphatic heterocycles. The number of benzene rings is 2. The van der Waals surface area contributed by atoms with Crippen molar-refractivity contribution in [2.75, 3.05) is 4.90 Å². The minimum Gasteiger partial charge on any atom is -0.354 e. The first-order valence-electron chi connectivity index (χ1n) is 6.63. The molecule has 1 nitrogen and oxygen atoms in total. The Morgan fingerprint density at radius 2 is 1.71 bits per heavy atom. The van der Waals surface area contributed by atoms with Crippen LogP contribution >= 0.6 is 11.8 Å². The number of hydrogen-bond donors (Lipinski definition) is 0. The first kappa shape index (κ1) is 14.3. The summed E-state index contributed by atoms with van der Waals surface area (Å²) in [6, 6.07) is 13.5. The summed E-state index contributed by atoms with van der Waals surface area (Å²) >= 11 is 1.77. The van der Waals surface area contributed by atoms with Crippen LogP contribution in [0, 0.1) is 0 Å². The van der Waals surface area contributed by atoms with Gasteiger partial charge in [-0.2, -0.15) is 13.2 Å². The van der Waals surface area contributed by atoms with Crippen LogP contribution < -0.4 is 4.90 Å². The lowest BCUT2D eigenvalue weighted by atomic mass is 10.1. The van der Waals surface area contributed by atoms with Crippen molar-refractivity contribution in [3.05, 3.63) is 59.7 Å².